The number of carbonyl (C=O) groups excluding carboxylic acids is 2. The molecule has 3 rings (SSSR count). The number of hydrogen-bond donors (Lipinski definition) is 1. The van der Waals surface area contributed by atoms with Crippen molar-refractivity contribution in [1.29, 1.82) is 0 Å². The molecule has 172 valence electrons. The molecule has 10 nitrogen and oxygen atoms in total. The third-order valence-corrected chi connectivity index (χ3v) is 5.39. The van der Waals surface area contributed by atoms with Gasteiger partial charge in [-0.25, -0.2) is 4.79 Å². The van der Waals surface area contributed by atoms with Gasteiger partial charge in [0.1, 0.15) is 6.04 Å². The highest BCUT2D eigenvalue weighted by Crippen LogP contribution is 2.23. The number of rotatable bonds is 10. The lowest BCUT2D eigenvalue weighted by Crippen LogP contribution is -2.42. The van der Waals surface area contributed by atoms with Gasteiger partial charge in [0.2, 0.25) is 5.89 Å². The summed E-state index contributed by atoms with van der Waals surface area (Å²) in [6.07, 6.45) is 2.16. The molecule has 3 aromatic rings. The lowest BCUT2D eigenvalue weighted by Gasteiger charge is -2.17. The molecule has 33 heavy (non-hydrogen) atoms. The Bertz CT molecular complexity index is 1140. The number of hydrogen-bond acceptors (Lipinski definition) is 9. The number of amides is 1. The first kappa shape index (κ1) is 24.2. The predicted octanol–water partition coefficient (Wildman–Crippen LogP) is 3.89. The van der Waals surface area contributed by atoms with Gasteiger partial charge in [-0.15, -0.1) is 10.2 Å². The van der Waals surface area contributed by atoms with E-state index in [9.17, 15) is 19.7 Å². The number of nitrogens with one attached hydrogen (secondary N) is 1. The van der Waals surface area contributed by atoms with Crippen molar-refractivity contribution in [2.75, 3.05) is 12.0 Å². The number of thioether (sulfide) groups is 1. The number of esters is 1. The molecule has 1 heterocycles. The van der Waals surface area contributed by atoms with E-state index in [4.69, 9.17) is 20.8 Å². The molecule has 0 spiro atoms. The zero-order valence-corrected chi connectivity index (χ0v) is 19.0. The maximum absolute atomic E-state index is 12.6. The van der Waals surface area contributed by atoms with Crippen LogP contribution in [0.15, 0.2) is 52.9 Å². The van der Waals surface area contributed by atoms with Crippen molar-refractivity contribution in [2.45, 2.75) is 19.1 Å². The number of halogens is 1. The van der Waals surface area contributed by atoms with E-state index in [1.54, 1.807) is 12.1 Å². The van der Waals surface area contributed by atoms with Crippen molar-refractivity contribution in [3.63, 3.8) is 0 Å². The first-order valence-corrected chi connectivity index (χ1v) is 11.4. The van der Waals surface area contributed by atoms with Gasteiger partial charge in [-0.2, -0.15) is 11.8 Å². The van der Waals surface area contributed by atoms with Crippen molar-refractivity contribution < 1.29 is 23.7 Å². The molecule has 1 atom stereocenters. The lowest BCUT2D eigenvalue weighted by molar-refractivity contribution is -0.384. The van der Waals surface area contributed by atoms with Crippen molar-refractivity contribution in [3.8, 4) is 11.5 Å². The van der Waals surface area contributed by atoms with Gasteiger partial charge in [0.15, 0.2) is 6.61 Å². The van der Waals surface area contributed by atoms with Crippen LogP contribution in [-0.2, 0) is 16.1 Å². The molecule has 0 saturated carbocycles. The fourth-order valence-electron chi connectivity index (χ4n) is 2.77. The summed E-state index contributed by atoms with van der Waals surface area (Å²) in [7, 11) is 0. The molecule has 0 saturated heterocycles. The number of nitrogens with zero attached hydrogens (tertiary/aromatic N) is 3. The first-order chi connectivity index (χ1) is 15.9. The highest BCUT2D eigenvalue weighted by atomic mass is 35.5. The summed E-state index contributed by atoms with van der Waals surface area (Å²) in [5, 5.41) is 21.1. The minimum atomic E-state index is -0.965. The highest BCUT2D eigenvalue weighted by Gasteiger charge is 2.25. The van der Waals surface area contributed by atoms with Crippen LogP contribution in [0.3, 0.4) is 0 Å². The molecular weight excluding hydrogens is 472 g/mol. The maximum atomic E-state index is 12.6. The molecule has 0 bridgehead atoms. The SMILES string of the molecule is CSCC[C@H](NC(=O)c1ccc([N+](=O)[O-])cc1Cl)C(=O)OCc1nnc(-c2ccccc2)o1. The summed E-state index contributed by atoms with van der Waals surface area (Å²) >= 11 is 7.51. The van der Waals surface area contributed by atoms with E-state index in [1.165, 1.54) is 17.8 Å². The van der Waals surface area contributed by atoms with Crippen molar-refractivity contribution in [3.05, 3.63) is 75.1 Å². The Morgan fingerprint density at radius 1 is 1.24 bits per heavy atom. The van der Waals surface area contributed by atoms with E-state index in [0.717, 1.165) is 17.7 Å². The monoisotopic (exact) mass is 490 g/mol. The van der Waals surface area contributed by atoms with Crippen LogP contribution in [0, 0.1) is 10.1 Å². The van der Waals surface area contributed by atoms with Crippen LogP contribution in [-0.4, -0.2) is 45.0 Å². The van der Waals surface area contributed by atoms with Crippen LogP contribution in [0.4, 0.5) is 5.69 Å². The maximum Gasteiger partial charge on any atom is 0.329 e. The first-order valence-electron chi connectivity index (χ1n) is 9.67. The van der Waals surface area contributed by atoms with Crippen LogP contribution >= 0.6 is 23.4 Å². The largest absolute Gasteiger partial charge is 0.454 e. The second-order valence-corrected chi connectivity index (χ2v) is 8.10. The molecule has 12 heteroatoms. The standard InChI is InChI=1S/C21H19ClN4O6S/c1-33-10-9-17(23-19(27)15-8-7-14(26(29)30)11-16(15)22)21(28)31-12-18-24-25-20(32-18)13-5-3-2-4-6-13/h2-8,11,17H,9-10,12H2,1H3,(H,23,27)/t17-/m0/s1. The number of nitro groups is 1. The zero-order chi connectivity index (χ0) is 23.8. The molecule has 0 radical (unpaired) electrons. The minimum absolute atomic E-state index is 0.00798. The molecule has 0 fully saturated rings. The van der Waals surface area contributed by atoms with Gasteiger partial charge in [0.25, 0.3) is 17.5 Å². The fraction of sp³-hybridized carbons (Fsp3) is 0.238. The average Bonchev–Trinajstić information content (AvgIpc) is 3.29. The van der Waals surface area contributed by atoms with E-state index in [1.807, 2.05) is 24.5 Å². The Morgan fingerprint density at radius 3 is 2.67 bits per heavy atom. The zero-order valence-electron chi connectivity index (χ0n) is 17.4. The fourth-order valence-corrected chi connectivity index (χ4v) is 3.50. The predicted molar refractivity (Wildman–Crippen MR) is 122 cm³/mol. The summed E-state index contributed by atoms with van der Waals surface area (Å²) in [6, 6.07) is 11.6. The number of benzene rings is 2. The smallest absolute Gasteiger partial charge is 0.329 e. The molecule has 0 aliphatic rings. The van der Waals surface area contributed by atoms with Crippen LogP contribution in [0.25, 0.3) is 11.5 Å². The van der Waals surface area contributed by atoms with E-state index in [-0.39, 0.29) is 28.8 Å². The number of aromatic nitrogens is 2. The van der Waals surface area contributed by atoms with E-state index in [2.05, 4.69) is 15.5 Å². The molecule has 1 amide bonds. The van der Waals surface area contributed by atoms with Gasteiger partial charge in [-0.3, -0.25) is 14.9 Å². The summed E-state index contributed by atoms with van der Waals surface area (Å²) in [5.41, 5.74) is 0.491. The topological polar surface area (TPSA) is 137 Å². The lowest BCUT2D eigenvalue weighted by atomic mass is 10.1. The van der Waals surface area contributed by atoms with Gasteiger partial charge >= 0.3 is 5.97 Å². The van der Waals surface area contributed by atoms with E-state index < -0.39 is 22.8 Å². The number of non-ortho nitro benzene ring substituents is 1. The Labute approximate surface area is 197 Å². The van der Waals surface area contributed by atoms with Crippen LogP contribution in [0.2, 0.25) is 5.02 Å². The van der Waals surface area contributed by atoms with Crippen molar-refractivity contribution >= 4 is 40.9 Å². The Balaban J connectivity index is 1.64. The molecule has 1 aromatic heterocycles. The van der Waals surface area contributed by atoms with Crippen LogP contribution in [0.5, 0.6) is 0 Å². The normalized spacial score (nSPS) is 11.6. The van der Waals surface area contributed by atoms with Crippen molar-refractivity contribution in [2.24, 2.45) is 0 Å². The van der Waals surface area contributed by atoms with Gasteiger partial charge in [-0.05, 0) is 36.6 Å². The van der Waals surface area contributed by atoms with Gasteiger partial charge in [-0.1, -0.05) is 29.8 Å². The van der Waals surface area contributed by atoms with E-state index >= 15 is 0 Å². The summed E-state index contributed by atoms with van der Waals surface area (Å²) < 4.78 is 10.8. The summed E-state index contributed by atoms with van der Waals surface area (Å²) in [6.45, 7) is -0.261. The van der Waals surface area contributed by atoms with Gasteiger partial charge < -0.3 is 14.5 Å². The third kappa shape index (κ3) is 6.53. The molecule has 0 aliphatic heterocycles. The number of nitro benzene ring substituents is 1. The average molecular weight is 491 g/mol. The molecule has 1 N–H and O–H groups in total. The minimum Gasteiger partial charge on any atom is -0.454 e. The quantitative estimate of drug-likeness (QED) is 0.255. The van der Waals surface area contributed by atoms with Gasteiger partial charge in [0.05, 0.1) is 15.5 Å². The molecule has 2 aromatic carbocycles. The van der Waals surface area contributed by atoms with Crippen LogP contribution in [0.1, 0.15) is 22.7 Å². The van der Waals surface area contributed by atoms with Crippen molar-refractivity contribution in [1.82, 2.24) is 15.5 Å². The number of ether oxygens (including phenoxy) is 1. The van der Waals surface area contributed by atoms with Gasteiger partial charge in [0, 0.05) is 17.7 Å². The molecule has 0 unspecified atom stereocenters. The Morgan fingerprint density at radius 2 is 2.00 bits per heavy atom. The van der Waals surface area contributed by atoms with E-state index in [0.29, 0.717) is 18.1 Å². The Kier molecular flexibility index (Phi) is 8.39. The highest BCUT2D eigenvalue weighted by molar-refractivity contribution is 7.98. The Hall–Kier alpha value is -3.44. The number of carbonyl (C=O) groups is 2. The van der Waals surface area contributed by atoms with Crippen LogP contribution < -0.4 is 5.32 Å². The molecular formula is C21H19ClN4O6S. The third-order valence-electron chi connectivity index (χ3n) is 4.43. The second kappa shape index (κ2) is 11.4. The summed E-state index contributed by atoms with van der Waals surface area (Å²) in [4.78, 5) is 35.5. The molecule has 0 aliphatic carbocycles. The second-order valence-electron chi connectivity index (χ2n) is 6.70. The summed E-state index contributed by atoms with van der Waals surface area (Å²) in [5.74, 6) is -0.360.